The summed E-state index contributed by atoms with van der Waals surface area (Å²) in [7, 11) is -3.02. The average molecular weight is 516 g/mol. The summed E-state index contributed by atoms with van der Waals surface area (Å²) in [4.78, 5) is 29.5. The van der Waals surface area contributed by atoms with Crippen LogP contribution in [0.5, 0.6) is 0 Å². The molecule has 1 atom stereocenters. The maximum Gasteiger partial charge on any atom is 0.251 e. The highest BCUT2D eigenvalue weighted by Gasteiger charge is 2.34. The first-order valence-corrected chi connectivity index (χ1v) is 14.1. The number of hydrogen-bond donors (Lipinski definition) is 3. The van der Waals surface area contributed by atoms with Crippen LogP contribution >= 0.6 is 0 Å². The van der Waals surface area contributed by atoms with E-state index in [4.69, 9.17) is 0 Å². The third kappa shape index (κ3) is 5.65. The molecule has 1 saturated heterocycles. The van der Waals surface area contributed by atoms with Crippen molar-refractivity contribution in [2.24, 2.45) is 0 Å². The number of fused-ring (bicyclic) bond motifs is 1. The van der Waals surface area contributed by atoms with E-state index in [1.165, 1.54) is 11.1 Å². The molecule has 1 amide bonds. The predicted molar refractivity (Wildman–Crippen MR) is 145 cm³/mol. The van der Waals surface area contributed by atoms with Crippen LogP contribution in [0.25, 0.3) is 10.9 Å². The number of aromatic amines is 1. The zero-order chi connectivity index (χ0) is 26.0. The van der Waals surface area contributed by atoms with E-state index in [0.29, 0.717) is 23.2 Å². The fourth-order valence-electron chi connectivity index (χ4n) is 4.67. The van der Waals surface area contributed by atoms with Crippen molar-refractivity contribution in [3.8, 4) is 0 Å². The lowest BCUT2D eigenvalue weighted by Crippen LogP contribution is -2.52. The molecule has 0 spiro atoms. The second-order valence-electron chi connectivity index (χ2n) is 9.61. The number of H-pyrrole nitrogens is 1. The lowest BCUT2D eigenvalue weighted by molar-refractivity contribution is 0.0935. The smallest absolute Gasteiger partial charge is 0.251 e. The monoisotopic (exact) mass is 515 g/mol. The molecule has 3 N–H and O–H groups in total. The summed E-state index contributed by atoms with van der Waals surface area (Å²) in [6, 6.07) is 22.3. The molecule has 2 heterocycles. The second-order valence-corrected chi connectivity index (χ2v) is 11.8. The van der Waals surface area contributed by atoms with Gasteiger partial charge in [0, 0.05) is 34.8 Å². The molecule has 8 heteroatoms. The minimum atomic E-state index is -3.02. The lowest BCUT2D eigenvalue weighted by Gasteiger charge is -2.26. The van der Waals surface area contributed by atoms with Crippen LogP contribution in [0.4, 0.5) is 0 Å². The molecule has 1 aromatic heterocycles. The van der Waals surface area contributed by atoms with Crippen molar-refractivity contribution in [3.05, 3.63) is 107 Å². The number of aromatic nitrogens is 1. The first-order valence-electron chi connectivity index (χ1n) is 12.3. The summed E-state index contributed by atoms with van der Waals surface area (Å²) >= 11 is 0. The summed E-state index contributed by atoms with van der Waals surface area (Å²) in [5.41, 5.74) is 4.93. The van der Waals surface area contributed by atoms with Gasteiger partial charge < -0.3 is 15.6 Å². The van der Waals surface area contributed by atoms with Gasteiger partial charge in [-0.15, -0.1) is 0 Å². The van der Waals surface area contributed by atoms with E-state index < -0.39 is 15.9 Å². The van der Waals surface area contributed by atoms with Gasteiger partial charge in [0.1, 0.15) is 0 Å². The first kappa shape index (κ1) is 24.9. The Bertz CT molecular complexity index is 1530. The van der Waals surface area contributed by atoms with E-state index >= 15 is 0 Å². The SMILES string of the molecule is Cc1ccc(CCN[C@H](C(=O)c2c[nH]c3cc(C(=O)NC4CS(=O)(=O)C4)ccc23)c2ccccc2)cc1. The van der Waals surface area contributed by atoms with Crippen molar-refractivity contribution < 1.29 is 18.0 Å². The van der Waals surface area contributed by atoms with Crippen LogP contribution in [0.1, 0.15) is 43.4 Å². The van der Waals surface area contributed by atoms with Crippen molar-refractivity contribution in [1.82, 2.24) is 15.6 Å². The number of benzene rings is 3. The number of hydrogen-bond acceptors (Lipinski definition) is 5. The summed E-state index contributed by atoms with van der Waals surface area (Å²) in [5.74, 6) is -0.442. The number of aryl methyl sites for hydroxylation is 1. The average Bonchev–Trinajstić information content (AvgIpc) is 3.30. The maximum absolute atomic E-state index is 13.8. The van der Waals surface area contributed by atoms with Gasteiger partial charge >= 0.3 is 0 Å². The molecule has 37 heavy (non-hydrogen) atoms. The van der Waals surface area contributed by atoms with Crippen LogP contribution in [0, 0.1) is 6.92 Å². The Hall–Kier alpha value is -3.75. The largest absolute Gasteiger partial charge is 0.360 e. The summed E-state index contributed by atoms with van der Waals surface area (Å²) in [5, 5.41) is 6.93. The van der Waals surface area contributed by atoms with Crippen LogP contribution in [-0.2, 0) is 16.3 Å². The van der Waals surface area contributed by atoms with Crippen LogP contribution in [0.3, 0.4) is 0 Å². The topological polar surface area (TPSA) is 108 Å². The Morgan fingerprint density at radius 3 is 2.43 bits per heavy atom. The van der Waals surface area contributed by atoms with Crippen LogP contribution in [0.15, 0.2) is 79.0 Å². The standard InChI is InChI=1S/C29H29N3O4S/c1-19-7-9-20(10-8-19)13-14-30-27(21-5-3-2-4-6-21)28(33)25-16-31-26-15-22(11-12-24(25)26)29(34)32-23-17-37(35,36)18-23/h2-12,15-16,23,27,30-31H,13-14,17-18H2,1H3,(H,32,34)/t27-/m0/s1. The zero-order valence-corrected chi connectivity index (χ0v) is 21.3. The number of sulfone groups is 1. The zero-order valence-electron chi connectivity index (χ0n) is 20.5. The van der Waals surface area contributed by atoms with Gasteiger partial charge in [0.25, 0.3) is 5.91 Å². The van der Waals surface area contributed by atoms with Gasteiger partial charge in [-0.3, -0.25) is 9.59 Å². The Labute approximate surface area is 216 Å². The molecule has 7 nitrogen and oxygen atoms in total. The number of rotatable bonds is 9. The van der Waals surface area contributed by atoms with Crippen LogP contribution in [0.2, 0.25) is 0 Å². The molecular weight excluding hydrogens is 486 g/mol. The summed E-state index contributed by atoms with van der Waals surface area (Å²) in [6.07, 6.45) is 2.48. The Kier molecular flexibility index (Phi) is 6.95. The fraction of sp³-hybridized carbons (Fsp3) is 0.241. The van der Waals surface area contributed by atoms with Gasteiger partial charge in [0.15, 0.2) is 15.6 Å². The van der Waals surface area contributed by atoms with Gasteiger partial charge in [-0.05, 0) is 36.6 Å². The highest BCUT2D eigenvalue weighted by Crippen LogP contribution is 2.26. The van der Waals surface area contributed by atoms with Gasteiger partial charge in [-0.1, -0.05) is 66.2 Å². The minimum Gasteiger partial charge on any atom is -0.360 e. The number of carbonyl (C=O) groups is 2. The summed E-state index contributed by atoms with van der Waals surface area (Å²) < 4.78 is 22.7. The van der Waals surface area contributed by atoms with Crippen molar-refractivity contribution >= 4 is 32.4 Å². The van der Waals surface area contributed by atoms with Crippen LogP contribution < -0.4 is 10.6 Å². The third-order valence-electron chi connectivity index (χ3n) is 6.73. The molecule has 4 aromatic rings. The predicted octanol–water partition coefficient (Wildman–Crippen LogP) is 3.76. The van der Waals surface area contributed by atoms with Gasteiger partial charge in [0.2, 0.25) is 0 Å². The number of Topliss-reactive ketones (excluding diaryl/α,β-unsaturated/α-hetero) is 1. The molecule has 3 aromatic carbocycles. The van der Waals surface area contributed by atoms with Crippen molar-refractivity contribution in [1.29, 1.82) is 0 Å². The highest BCUT2D eigenvalue weighted by molar-refractivity contribution is 7.92. The Balaban J connectivity index is 1.33. The molecule has 1 aliphatic rings. The number of carbonyl (C=O) groups excluding carboxylic acids is 2. The molecule has 0 bridgehead atoms. The quantitative estimate of drug-likeness (QED) is 0.294. The van der Waals surface area contributed by atoms with E-state index in [0.717, 1.165) is 17.4 Å². The molecular formula is C29H29N3O4S. The molecule has 1 fully saturated rings. The molecule has 0 unspecified atom stereocenters. The van der Waals surface area contributed by atoms with Crippen molar-refractivity contribution in [2.75, 3.05) is 18.1 Å². The molecule has 1 aliphatic heterocycles. The minimum absolute atomic E-state index is 0.0279. The van der Waals surface area contributed by atoms with E-state index in [-0.39, 0.29) is 29.2 Å². The maximum atomic E-state index is 13.8. The second kappa shape index (κ2) is 10.3. The Morgan fingerprint density at radius 2 is 1.73 bits per heavy atom. The molecule has 0 radical (unpaired) electrons. The summed E-state index contributed by atoms with van der Waals surface area (Å²) in [6.45, 7) is 2.70. The van der Waals surface area contributed by atoms with Crippen molar-refractivity contribution in [3.63, 3.8) is 0 Å². The fourth-order valence-corrected chi connectivity index (χ4v) is 5.96. The van der Waals surface area contributed by atoms with E-state index in [1.807, 2.05) is 30.3 Å². The highest BCUT2D eigenvalue weighted by atomic mass is 32.2. The molecule has 190 valence electrons. The van der Waals surface area contributed by atoms with Gasteiger partial charge in [0.05, 0.1) is 23.6 Å². The van der Waals surface area contributed by atoms with Gasteiger partial charge in [-0.2, -0.15) is 0 Å². The molecule has 5 rings (SSSR count). The lowest BCUT2D eigenvalue weighted by atomic mass is 9.96. The molecule has 0 saturated carbocycles. The van der Waals surface area contributed by atoms with Crippen LogP contribution in [-0.4, -0.2) is 49.2 Å². The van der Waals surface area contributed by atoms with E-state index in [2.05, 4.69) is 46.8 Å². The third-order valence-corrected chi connectivity index (χ3v) is 8.55. The van der Waals surface area contributed by atoms with Gasteiger partial charge in [-0.25, -0.2) is 8.42 Å². The van der Waals surface area contributed by atoms with E-state index in [9.17, 15) is 18.0 Å². The first-order chi connectivity index (χ1) is 17.8. The van der Waals surface area contributed by atoms with Crippen molar-refractivity contribution in [2.45, 2.75) is 25.4 Å². The number of ketones is 1. The number of nitrogens with one attached hydrogen (secondary N) is 3. The number of amides is 1. The molecule has 0 aliphatic carbocycles. The Morgan fingerprint density at radius 1 is 1.00 bits per heavy atom. The normalized spacial score (nSPS) is 15.7. The van der Waals surface area contributed by atoms with E-state index in [1.54, 1.807) is 24.4 Å².